The van der Waals surface area contributed by atoms with Crippen LogP contribution in [0, 0.1) is 5.92 Å². The van der Waals surface area contributed by atoms with Crippen molar-refractivity contribution in [1.29, 1.82) is 0 Å². The molecule has 0 amide bonds. The van der Waals surface area contributed by atoms with Crippen LogP contribution in [0.2, 0.25) is 0 Å². The Morgan fingerprint density at radius 3 is 2.92 bits per heavy atom. The zero-order valence-corrected chi connectivity index (χ0v) is 15.4. The predicted octanol–water partition coefficient (Wildman–Crippen LogP) is 1.05. The van der Waals surface area contributed by atoms with Crippen molar-refractivity contribution in [3.8, 4) is 0 Å². The Balaban J connectivity index is 1.37. The fourth-order valence-electron chi connectivity index (χ4n) is 4.02. The first-order chi connectivity index (χ1) is 12.6. The first kappa shape index (κ1) is 16.4. The molecule has 2 fully saturated rings. The highest BCUT2D eigenvalue weighted by atomic mass is 32.1. The second kappa shape index (κ2) is 6.14. The van der Waals surface area contributed by atoms with E-state index in [0.717, 1.165) is 38.9 Å². The van der Waals surface area contributed by atoms with Gasteiger partial charge in [0.15, 0.2) is 5.82 Å². The molecule has 1 saturated heterocycles. The molecule has 0 N–H and O–H groups in total. The second-order valence-electron chi connectivity index (χ2n) is 7.80. The van der Waals surface area contributed by atoms with E-state index < -0.39 is 11.1 Å². The summed E-state index contributed by atoms with van der Waals surface area (Å²) in [6.45, 7) is 3.89. The zero-order valence-electron chi connectivity index (χ0n) is 14.6. The summed E-state index contributed by atoms with van der Waals surface area (Å²) in [6.07, 6.45) is 3.10. The first-order valence-electron chi connectivity index (χ1n) is 9.20. The molecule has 4 heterocycles. The molecular weight excluding hydrogens is 352 g/mol. The van der Waals surface area contributed by atoms with Crippen molar-refractivity contribution in [2.24, 2.45) is 5.92 Å². The van der Waals surface area contributed by atoms with Crippen molar-refractivity contribution >= 4 is 11.3 Å². The molecule has 0 bridgehead atoms. The smallest absolute Gasteiger partial charge is 0.332 e. The Labute approximate surface area is 154 Å². The van der Waals surface area contributed by atoms with E-state index in [1.807, 2.05) is 0 Å². The van der Waals surface area contributed by atoms with Crippen LogP contribution in [0.5, 0.6) is 0 Å². The maximum atomic E-state index is 12.6. The van der Waals surface area contributed by atoms with Crippen LogP contribution in [0.4, 0.5) is 0 Å². The van der Waals surface area contributed by atoms with Crippen LogP contribution in [-0.4, -0.2) is 37.9 Å². The van der Waals surface area contributed by atoms with Gasteiger partial charge in [-0.15, -0.1) is 0 Å². The van der Waals surface area contributed by atoms with Gasteiger partial charge in [-0.05, 0) is 47.6 Å². The van der Waals surface area contributed by atoms with Gasteiger partial charge in [-0.2, -0.15) is 16.4 Å². The molecule has 0 radical (unpaired) electrons. The van der Waals surface area contributed by atoms with Crippen molar-refractivity contribution in [2.45, 2.75) is 51.1 Å². The molecule has 2 aliphatic heterocycles. The Morgan fingerprint density at radius 1 is 1.27 bits per heavy atom. The van der Waals surface area contributed by atoms with Gasteiger partial charge in [0.05, 0.1) is 6.54 Å². The van der Waals surface area contributed by atoms with Crippen molar-refractivity contribution in [2.75, 3.05) is 13.1 Å². The fraction of sp³-hybridized carbons (Fsp3) is 0.611. The molecule has 1 spiro atoms. The SMILES string of the molecule is O=c1c(=O)n2c(nn1CC1CC1)CO[C@@]1(CCN(Cc3ccsc3)C1)C2. The fourth-order valence-corrected chi connectivity index (χ4v) is 4.68. The Morgan fingerprint density at radius 2 is 2.15 bits per heavy atom. The average Bonchev–Trinajstić information content (AvgIpc) is 3.15. The molecule has 26 heavy (non-hydrogen) atoms. The number of hydrogen-bond donors (Lipinski definition) is 0. The lowest BCUT2D eigenvalue weighted by molar-refractivity contribution is -0.0859. The van der Waals surface area contributed by atoms with Gasteiger partial charge in [-0.3, -0.25) is 19.1 Å². The molecule has 0 aromatic carbocycles. The largest absolute Gasteiger partial charge is 0.364 e. The van der Waals surface area contributed by atoms with E-state index in [1.165, 1.54) is 10.2 Å². The van der Waals surface area contributed by atoms with Gasteiger partial charge >= 0.3 is 11.1 Å². The normalized spacial score (nSPS) is 25.7. The van der Waals surface area contributed by atoms with Crippen molar-refractivity contribution in [3.05, 3.63) is 48.9 Å². The summed E-state index contributed by atoms with van der Waals surface area (Å²) in [7, 11) is 0. The molecule has 5 rings (SSSR count). The average molecular weight is 374 g/mol. The van der Waals surface area contributed by atoms with Gasteiger partial charge in [0.25, 0.3) is 0 Å². The van der Waals surface area contributed by atoms with Crippen LogP contribution in [-0.2, 0) is 31.0 Å². The Hall–Kier alpha value is -1.77. The van der Waals surface area contributed by atoms with E-state index in [9.17, 15) is 9.59 Å². The minimum absolute atomic E-state index is 0.298. The molecule has 1 aliphatic carbocycles. The van der Waals surface area contributed by atoms with Crippen molar-refractivity contribution in [1.82, 2.24) is 19.2 Å². The van der Waals surface area contributed by atoms with Gasteiger partial charge in [0.2, 0.25) is 0 Å². The van der Waals surface area contributed by atoms with Crippen LogP contribution in [0.25, 0.3) is 0 Å². The lowest BCUT2D eigenvalue weighted by Gasteiger charge is -2.35. The Bertz CT molecular complexity index is 931. The summed E-state index contributed by atoms with van der Waals surface area (Å²) in [4.78, 5) is 27.4. The highest BCUT2D eigenvalue weighted by molar-refractivity contribution is 7.07. The maximum Gasteiger partial charge on any atom is 0.332 e. The molecule has 0 unspecified atom stereocenters. The van der Waals surface area contributed by atoms with Crippen LogP contribution >= 0.6 is 11.3 Å². The minimum atomic E-state index is -0.495. The minimum Gasteiger partial charge on any atom is -0.364 e. The highest BCUT2D eigenvalue weighted by Gasteiger charge is 2.43. The molecular formula is C18H22N4O3S. The highest BCUT2D eigenvalue weighted by Crippen LogP contribution is 2.32. The van der Waals surface area contributed by atoms with E-state index in [1.54, 1.807) is 15.9 Å². The number of hydrogen-bond acceptors (Lipinski definition) is 6. The molecule has 2 aromatic heterocycles. The molecule has 7 nitrogen and oxygen atoms in total. The lowest BCUT2D eigenvalue weighted by atomic mass is 10.0. The van der Waals surface area contributed by atoms with Gasteiger partial charge in [-0.1, -0.05) is 0 Å². The van der Waals surface area contributed by atoms with Gasteiger partial charge in [-0.25, -0.2) is 4.68 Å². The summed E-state index contributed by atoms with van der Waals surface area (Å²) in [5.41, 5.74) is -0.0191. The molecule has 8 heteroatoms. The number of aromatic nitrogens is 3. The third-order valence-electron chi connectivity index (χ3n) is 5.67. The van der Waals surface area contributed by atoms with Gasteiger partial charge < -0.3 is 4.74 Å². The van der Waals surface area contributed by atoms with Crippen LogP contribution in [0.15, 0.2) is 26.4 Å². The summed E-state index contributed by atoms with van der Waals surface area (Å²) in [5, 5.41) is 8.67. The Kier molecular flexibility index (Phi) is 3.88. The third-order valence-corrected chi connectivity index (χ3v) is 6.41. The number of thiophene rings is 1. The summed E-state index contributed by atoms with van der Waals surface area (Å²) < 4.78 is 9.11. The van der Waals surface area contributed by atoms with E-state index in [-0.39, 0.29) is 5.60 Å². The lowest BCUT2D eigenvalue weighted by Crippen LogP contribution is -2.53. The number of ether oxygens (including phenoxy) is 1. The quantitative estimate of drug-likeness (QED) is 0.749. The van der Waals surface area contributed by atoms with Gasteiger partial charge in [0.1, 0.15) is 12.2 Å². The van der Waals surface area contributed by atoms with Crippen molar-refractivity contribution in [3.63, 3.8) is 0 Å². The summed E-state index contributed by atoms with van der Waals surface area (Å²) >= 11 is 1.71. The topological polar surface area (TPSA) is 69.4 Å². The van der Waals surface area contributed by atoms with E-state index in [2.05, 4.69) is 26.8 Å². The first-order valence-corrected chi connectivity index (χ1v) is 10.1. The maximum absolute atomic E-state index is 12.6. The van der Waals surface area contributed by atoms with Crippen molar-refractivity contribution < 1.29 is 4.74 Å². The third kappa shape index (κ3) is 2.95. The number of likely N-dealkylation sites (tertiary alicyclic amines) is 1. The number of fused-ring (bicyclic) bond motifs is 1. The molecule has 138 valence electrons. The second-order valence-corrected chi connectivity index (χ2v) is 8.58. The van der Waals surface area contributed by atoms with E-state index in [4.69, 9.17) is 4.74 Å². The standard InChI is InChI=1S/C18H22N4O3S/c23-16-17(24)22(8-13-1-2-13)19-15-9-25-18(12-21(15)16)4-5-20(11-18)7-14-3-6-26-10-14/h3,6,10,13H,1-2,4-5,7-9,11-12H2/t18-/m1/s1. The predicted molar refractivity (Wildman–Crippen MR) is 97.2 cm³/mol. The van der Waals surface area contributed by atoms with E-state index >= 15 is 0 Å². The molecule has 1 saturated carbocycles. The van der Waals surface area contributed by atoms with Crippen LogP contribution < -0.4 is 11.1 Å². The monoisotopic (exact) mass is 374 g/mol. The van der Waals surface area contributed by atoms with E-state index in [0.29, 0.717) is 31.4 Å². The molecule has 2 aromatic rings. The number of rotatable bonds is 4. The van der Waals surface area contributed by atoms with Gasteiger partial charge in [0, 0.05) is 26.2 Å². The van der Waals surface area contributed by atoms with Crippen LogP contribution in [0.3, 0.4) is 0 Å². The molecule has 1 atom stereocenters. The summed E-state index contributed by atoms with van der Waals surface area (Å²) in [5.74, 6) is 1.08. The molecule has 3 aliphatic rings. The zero-order chi connectivity index (χ0) is 17.7. The van der Waals surface area contributed by atoms with Crippen LogP contribution in [0.1, 0.15) is 30.7 Å². The summed E-state index contributed by atoms with van der Waals surface area (Å²) in [6, 6.07) is 2.14. The number of nitrogens with zero attached hydrogens (tertiary/aromatic N) is 4.